The van der Waals surface area contributed by atoms with E-state index in [9.17, 15) is 4.39 Å². The molecule has 1 unspecified atom stereocenters. The summed E-state index contributed by atoms with van der Waals surface area (Å²) in [5, 5.41) is 6.54. The van der Waals surface area contributed by atoms with Gasteiger partial charge >= 0.3 is 0 Å². The normalized spacial score (nSPS) is 12.7. The number of benzene rings is 1. The molecule has 1 aromatic carbocycles. The summed E-state index contributed by atoms with van der Waals surface area (Å²) in [6, 6.07) is 4.38. The van der Waals surface area contributed by atoms with Crippen molar-refractivity contribution in [1.29, 1.82) is 0 Å². The Bertz CT molecular complexity index is 542. The quantitative estimate of drug-likeness (QED) is 0.920. The van der Waals surface area contributed by atoms with Crippen molar-refractivity contribution in [3.63, 3.8) is 0 Å². The first-order chi connectivity index (χ1) is 8.61. The summed E-state index contributed by atoms with van der Waals surface area (Å²) >= 11 is 7.63. The van der Waals surface area contributed by atoms with Crippen molar-refractivity contribution in [1.82, 2.24) is 10.3 Å². The van der Waals surface area contributed by atoms with Crippen LogP contribution in [0.5, 0.6) is 0 Å². The number of nitrogens with one attached hydrogen (secondary N) is 1. The number of likely N-dealkylation sites (N-methyl/N-ethyl adjacent to an activating group) is 1. The van der Waals surface area contributed by atoms with Gasteiger partial charge in [0.15, 0.2) is 0 Å². The van der Waals surface area contributed by atoms with E-state index in [1.807, 2.05) is 12.4 Å². The van der Waals surface area contributed by atoms with Gasteiger partial charge in [-0.1, -0.05) is 18.5 Å². The Hall–Kier alpha value is -0.970. The van der Waals surface area contributed by atoms with Gasteiger partial charge in [-0.05, 0) is 25.2 Å². The fourth-order valence-electron chi connectivity index (χ4n) is 1.73. The molecule has 2 rings (SSSR count). The Balaban J connectivity index is 2.29. The Kier molecular flexibility index (Phi) is 4.32. The lowest BCUT2D eigenvalue weighted by molar-refractivity contribution is 0.628. The summed E-state index contributed by atoms with van der Waals surface area (Å²) in [5.41, 5.74) is 1.58. The second-order valence-electron chi connectivity index (χ2n) is 4.15. The zero-order chi connectivity index (χ0) is 13.1. The average Bonchev–Trinajstić information content (AvgIpc) is 2.78. The molecule has 0 bridgehead atoms. The van der Waals surface area contributed by atoms with E-state index in [1.54, 1.807) is 17.4 Å². The lowest BCUT2D eigenvalue weighted by Crippen LogP contribution is -2.14. The maximum absolute atomic E-state index is 13.0. The molecule has 1 heterocycles. The molecule has 1 N–H and O–H groups in total. The number of hydrogen-bond acceptors (Lipinski definition) is 3. The van der Waals surface area contributed by atoms with E-state index in [4.69, 9.17) is 11.6 Å². The first-order valence-corrected chi connectivity index (χ1v) is 6.93. The van der Waals surface area contributed by atoms with E-state index in [0.29, 0.717) is 10.9 Å². The smallest absolute Gasteiger partial charge is 0.124 e. The molecular formula is C13H14ClFN2S. The first kappa shape index (κ1) is 13.5. The van der Waals surface area contributed by atoms with Gasteiger partial charge in [-0.2, -0.15) is 0 Å². The Labute approximate surface area is 115 Å². The monoisotopic (exact) mass is 284 g/mol. The fourth-order valence-corrected chi connectivity index (χ4v) is 2.87. The summed E-state index contributed by atoms with van der Waals surface area (Å²) in [5.74, 6) is 0.0238. The molecule has 2 aromatic rings. The maximum Gasteiger partial charge on any atom is 0.124 e. The molecule has 0 aliphatic carbocycles. The Morgan fingerprint density at radius 3 is 2.94 bits per heavy atom. The molecule has 0 aliphatic rings. The number of hydrogen-bond donors (Lipinski definition) is 1. The first-order valence-electron chi connectivity index (χ1n) is 5.67. The van der Waals surface area contributed by atoms with E-state index in [2.05, 4.69) is 17.2 Å². The van der Waals surface area contributed by atoms with Crippen molar-refractivity contribution in [2.75, 3.05) is 13.6 Å². The van der Waals surface area contributed by atoms with Crippen LogP contribution in [-0.4, -0.2) is 18.6 Å². The summed E-state index contributed by atoms with van der Waals surface area (Å²) in [4.78, 5) is 4.56. The molecule has 0 spiro atoms. The van der Waals surface area contributed by atoms with E-state index >= 15 is 0 Å². The molecule has 1 atom stereocenters. The van der Waals surface area contributed by atoms with Crippen LogP contribution in [-0.2, 0) is 0 Å². The van der Waals surface area contributed by atoms with Crippen molar-refractivity contribution in [3.8, 4) is 11.3 Å². The van der Waals surface area contributed by atoms with Crippen molar-refractivity contribution >= 4 is 22.9 Å². The molecule has 0 amide bonds. The van der Waals surface area contributed by atoms with Crippen molar-refractivity contribution in [3.05, 3.63) is 39.4 Å². The van der Waals surface area contributed by atoms with E-state index in [1.165, 1.54) is 12.1 Å². The zero-order valence-electron chi connectivity index (χ0n) is 10.2. The molecule has 0 saturated carbocycles. The number of halogens is 2. The largest absolute Gasteiger partial charge is 0.319 e. The van der Waals surface area contributed by atoms with Crippen LogP contribution in [0.15, 0.2) is 23.6 Å². The molecule has 0 aliphatic heterocycles. The van der Waals surface area contributed by atoms with E-state index < -0.39 is 0 Å². The summed E-state index contributed by atoms with van der Waals surface area (Å²) in [6.45, 7) is 3.00. The van der Waals surface area contributed by atoms with Gasteiger partial charge in [0.2, 0.25) is 0 Å². The van der Waals surface area contributed by atoms with Crippen LogP contribution in [0, 0.1) is 5.82 Å². The van der Waals surface area contributed by atoms with Gasteiger partial charge in [0, 0.05) is 23.4 Å². The summed E-state index contributed by atoms with van der Waals surface area (Å²) in [6.07, 6.45) is 0. The lowest BCUT2D eigenvalue weighted by Gasteiger charge is -2.06. The fraction of sp³-hybridized carbons (Fsp3) is 0.308. The van der Waals surface area contributed by atoms with E-state index in [0.717, 1.165) is 22.8 Å². The number of nitrogens with zero attached hydrogens (tertiary/aromatic N) is 1. The molecule has 0 saturated heterocycles. The molecule has 1 aromatic heterocycles. The van der Waals surface area contributed by atoms with Gasteiger partial charge in [0.25, 0.3) is 0 Å². The average molecular weight is 285 g/mol. The SMILES string of the molecule is CNCC(C)c1nc(-c2ccc(F)cc2Cl)cs1. The predicted octanol–water partition coefficient (Wildman–Crippen LogP) is 3.93. The Morgan fingerprint density at radius 2 is 2.28 bits per heavy atom. The summed E-state index contributed by atoms with van der Waals surface area (Å²) < 4.78 is 13.0. The third kappa shape index (κ3) is 2.88. The number of thiazole rings is 1. The van der Waals surface area contributed by atoms with Crippen LogP contribution >= 0.6 is 22.9 Å². The topological polar surface area (TPSA) is 24.9 Å². The highest BCUT2D eigenvalue weighted by molar-refractivity contribution is 7.10. The second kappa shape index (κ2) is 5.78. The third-order valence-corrected chi connectivity index (χ3v) is 4.05. The van der Waals surface area contributed by atoms with Gasteiger partial charge in [-0.15, -0.1) is 11.3 Å². The maximum atomic E-state index is 13.0. The van der Waals surface area contributed by atoms with Gasteiger partial charge in [-0.25, -0.2) is 9.37 Å². The van der Waals surface area contributed by atoms with Crippen LogP contribution in [0.3, 0.4) is 0 Å². The van der Waals surface area contributed by atoms with Gasteiger partial charge in [-0.3, -0.25) is 0 Å². The van der Waals surface area contributed by atoms with Gasteiger partial charge in [0.1, 0.15) is 5.82 Å². The van der Waals surface area contributed by atoms with Crippen molar-refractivity contribution < 1.29 is 4.39 Å². The van der Waals surface area contributed by atoms with E-state index in [-0.39, 0.29) is 5.82 Å². The minimum Gasteiger partial charge on any atom is -0.319 e. The van der Waals surface area contributed by atoms with Crippen molar-refractivity contribution in [2.45, 2.75) is 12.8 Å². The highest BCUT2D eigenvalue weighted by Gasteiger charge is 2.12. The number of rotatable bonds is 4. The molecule has 0 radical (unpaired) electrons. The van der Waals surface area contributed by atoms with Crippen LogP contribution in [0.1, 0.15) is 17.8 Å². The highest BCUT2D eigenvalue weighted by atomic mass is 35.5. The highest BCUT2D eigenvalue weighted by Crippen LogP contribution is 2.31. The predicted molar refractivity (Wildman–Crippen MR) is 74.9 cm³/mol. The molecule has 2 nitrogen and oxygen atoms in total. The zero-order valence-corrected chi connectivity index (χ0v) is 11.8. The van der Waals surface area contributed by atoms with Crippen LogP contribution in [0.25, 0.3) is 11.3 Å². The lowest BCUT2D eigenvalue weighted by atomic mass is 10.1. The van der Waals surface area contributed by atoms with Gasteiger partial charge in [0.05, 0.1) is 15.7 Å². The van der Waals surface area contributed by atoms with Crippen LogP contribution in [0.4, 0.5) is 4.39 Å². The third-order valence-electron chi connectivity index (χ3n) is 2.66. The molecule has 5 heteroatoms. The van der Waals surface area contributed by atoms with Crippen LogP contribution < -0.4 is 5.32 Å². The second-order valence-corrected chi connectivity index (χ2v) is 5.45. The number of aromatic nitrogens is 1. The minimum absolute atomic E-state index is 0.331. The van der Waals surface area contributed by atoms with Crippen molar-refractivity contribution in [2.24, 2.45) is 0 Å². The standard InChI is InChI=1S/C13H14ClFN2S/c1-8(6-16-2)13-17-12(7-18-13)10-4-3-9(15)5-11(10)14/h3-5,7-8,16H,6H2,1-2H3. The minimum atomic E-state index is -0.331. The molecule has 18 heavy (non-hydrogen) atoms. The molecule has 0 fully saturated rings. The van der Waals surface area contributed by atoms with Crippen LogP contribution in [0.2, 0.25) is 5.02 Å². The van der Waals surface area contributed by atoms with Gasteiger partial charge < -0.3 is 5.32 Å². The molecule has 96 valence electrons. The Morgan fingerprint density at radius 1 is 1.50 bits per heavy atom. The summed E-state index contributed by atoms with van der Waals surface area (Å²) in [7, 11) is 1.92. The molecular weight excluding hydrogens is 271 g/mol.